The Kier molecular flexibility index (Phi) is 6.53. The van der Waals surface area contributed by atoms with Crippen molar-refractivity contribution in [2.75, 3.05) is 0 Å². The molecule has 1 saturated heterocycles. The Hall–Kier alpha value is -0.396. The number of aliphatic carboxylic acids is 1. The Balaban J connectivity index is 0.000000360. The first kappa shape index (κ1) is 17.6. The third-order valence-corrected chi connectivity index (χ3v) is 20.7. The Morgan fingerprint density at radius 3 is 2.06 bits per heavy atom. The van der Waals surface area contributed by atoms with Crippen LogP contribution in [0.5, 0.6) is 0 Å². The predicted molar refractivity (Wildman–Crippen MR) is 82.0 cm³/mol. The smallest absolute Gasteiger partial charge is 0.330 e. The third-order valence-electron chi connectivity index (χ3n) is 4.07. The second-order valence-corrected chi connectivity index (χ2v) is 21.3. The largest absolute Gasteiger partial charge is 0.478 e. The molecule has 0 amide bonds. The maximum absolute atomic E-state index is 9.86. The molecule has 1 aliphatic rings. The number of carboxylic acid groups (broad SMARTS) is 1. The van der Waals surface area contributed by atoms with E-state index in [1.807, 2.05) is 0 Å². The molecule has 0 aromatic carbocycles. The highest BCUT2D eigenvalue weighted by Gasteiger charge is 2.46. The van der Waals surface area contributed by atoms with Gasteiger partial charge in [-0.3, -0.25) is 0 Å². The van der Waals surface area contributed by atoms with E-state index in [4.69, 9.17) is 9.53 Å². The zero-order chi connectivity index (χ0) is 14.6. The van der Waals surface area contributed by atoms with E-state index in [1.54, 1.807) is 19.9 Å². The summed E-state index contributed by atoms with van der Waals surface area (Å²) in [4.78, 5) is 9.86. The lowest BCUT2D eigenvalue weighted by molar-refractivity contribution is -0.132. The highest BCUT2D eigenvalue weighted by molar-refractivity contribution is 7.38. The van der Waals surface area contributed by atoms with Crippen molar-refractivity contribution in [3.63, 3.8) is 0 Å². The summed E-state index contributed by atoms with van der Waals surface area (Å²) in [5.41, 5.74) is 0.389. The standard InChI is InChI=1S/C8H20OSi2.C5H8O2/c1-8-6-7-10(2,3)11(4,5)9-8;1-3-4(2)5(6)7/h8H,6-7H2,1-5H3;3H,1-2H3,(H,6,7). The van der Waals surface area contributed by atoms with Gasteiger partial charge >= 0.3 is 5.97 Å². The first-order valence-corrected chi connectivity index (χ1v) is 13.7. The Morgan fingerprint density at radius 1 is 1.33 bits per heavy atom. The van der Waals surface area contributed by atoms with Crippen molar-refractivity contribution in [3.8, 4) is 0 Å². The van der Waals surface area contributed by atoms with Gasteiger partial charge < -0.3 is 9.53 Å². The van der Waals surface area contributed by atoms with Crippen LogP contribution >= 0.6 is 0 Å². The molecular weight excluding hydrogens is 260 g/mol. The van der Waals surface area contributed by atoms with Crippen LogP contribution in [0.25, 0.3) is 0 Å². The molecule has 1 atom stereocenters. The summed E-state index contributed by atoms with van der Waals surface area (Å²) in [6.45, 7) is 15.3. The van der Waals surface area contributed by atoms with Crippen LogP contribution in [-0.4, -0.2) is 32.6 Å². The van der Waals surface area contributed by atoms with Crippen molar-refractivity contribution in [1.29, 1.82) is 0 Å². The van der Waals surface area contributed by atoms with Crippen molar-refractivity contribution >= 4 is 21.4 Å². The fraction of sp³-hybridized carbons (Fsp3) is 0.769. The summed E-state index contributed by atoms with van der Waals surface area (Å²) in [5, 5.41) is 8.11. The molecule has 3 nitrogen and oxygen atoms in total. The number of hydrogen-bond acceptors (Lipinski definition) is 2. The number of hydrogen-bond donors (Lipinski definition) is 1. The second kappa shape index (κ2) is 6.68. The van der Waals surface area contributed by atoms with Crippen molar-refractivity contribution in [2.24, 2.45) is 0 Å². The molecule has 1 N–H and O–H groups in total. The molecule has 1 unspecified atom stereocenters. The maximum Gasteiger partial charge on any atom is 0.330 e. The van der Waals surface area contributed by atoms with E-state index in [0.717, 1.165) is 0 Å². The highest BCUT2D eigenvalue weighted by atomic mass is 29.3. The van der Waals surface area contributed by atoms with E-state index in [2.05, 4.69) is 33.1 Å². The van der Waals surface area contributed by atoms with Gasteiger partial charge in [-0.15, -0.1) is 0 Å². The third kappa shape index (κ3) is 5.08. The average Bonchev–Trinajstić information content (AvgIpc) is 2.23. The Morgan fingerprint density at radius 2 is 1.83 bits per heavy atom. The minimum absolute atomic E-state index is 0.389. The molecular formula is C13H28O3Si2. The second-order valence-electron chi connectivity index (χ2n) is 6.14. The van der Waals surface area contributed by atoms with Gasteiger partial charge in [-0.05, 0) is 40.3 Å². The molecule has 18 heavy (non-hydrogen) atoms. The number of carbonyl (C=O) groups is 1. The molecule has 0 saturated carbocycles. The average molecular weight is 289 g/mol. The van der Waals surface area contributed by atoms with E-state index >= 15 is 0 Å². The fourth-order valence-corrected chi connectivity index (χ4v) is 8.68. The van der Waals surface area contributed by atoms with Gasteiger partial charge in [-0.2, -0.15) is 0 Å². The Labute approximate surface area is 113 Å². The maximum atomic E-state index is 9.86. The van der Waals surface area contributed by atoms with Crippen LogP contribution in [0.2, 0.25) is 32.2 Å². The van der Waals surface area contributed by atoms with Gasteiger partial charge in [0.25, 0.3) is 0 Å². The number of rotatable bonds is 1. The molecule has 1 heterocycles. The lowest BCUT2D eigenvalue weighted by Gasteiger charge is -2.44. The van der Waals surface area contributed by atoms with Gasteiger partial charge in [0.05, 0.1) is 7.59 Å². The van der Waals surface area contributed by atoms with Gasteiger partial charge in [0.1, 0.15) is 0 Å². The first-order valence-electron chi connectivity index (χ1n) is 6.57. The van der Waals surface area contributed by atoms with Crippen LogP contribution < -0.4 is 0 Å². The molecule has 1 rings (SSSR count). The predicted octanol–water partition coefficient (Wildman–Crippen LogP) is 3.82. The van der Waals surface area contributed by atoms with E-state index in [-0.39, 0.29) is 0 Å². The van der Waals surface area contributed by atoms with Crippen LogP contribution in [0, 0.1) is 0 Å². The van der Waals surface area contributed by atoms with Gasteiger partial charge in [0.15, 0.2) is 7.83 Å². The molecule has 0 aromatic heterocycles. The molecule has 1 aliphatic heterocycles. The number of allylic oxidation sites excluding steroid dienone is 1. The van der Waals surface area contributed by atoms with Gasteiger partial charge in [-0.1, -0.05) is 25.2 Å². The summed E-state index contributed by atoms with van der Waals surface area (Å²) >= 11 is 0. The quantitative estimate of drug-likeness (QED) is 0.589. The zero-order valence-electron chi connectivity index (χ0n) is 12.8. The van der Waals surface area contributed by atoms with Crippen molar-refractivity contribution in [3.05, 3.63) is 11.6 Å². The van der Waals surface area contributed by atoms with Crippen LogP contribution in [0.15, 0.2) is 11.6 Å². The lowest BCUT2D eigenvalue weighted by Crippen LogP contribution is -2.61. The molecule has 0 spiro atoms. The molecule has 1 fully saturated rings. The van der Waals surface area contributed by atoms with Crippen molar-refractivity contribution in [2.45, 2.75) is 65.5 Å². The summed E-state index contributed by atoms with van der Waals surface area (Å²) < 4.78 is 6.09. The van der Waals surface area contributed by atoms with E-state index in [1.165, 1.54) is 12.5 Å². The molecule has 0 aliphatic carbocycles. The monoisotopic (exact) mass is 288 g/mol. The van der Waals surface area contributed by atoms with E-state index in [0.29, 0.717) is 11.7 Å². The topological polar surface area (TPSA) is 46.5 Å². The normalized spacial score (nSPS) is 25.9. The summed E-state index contributed by atoms with van der Waals surface area (Å²) in [6, 6.07) is 1.48. The van der Waals surface area contributed by atoms with Crippen LogP contribution in [0.4, 0.5) is 0 Å². The molecule has 0 bridgehead atoms. The molecule has 106 valence electrons. The van der Waals surface area contributed by atoms with Crippen molar-refractivity contribution in [1.82, 2.24) is 0 Å². The first-order chi connectivity index (χ1) is 8.03. The zero-order valence-corrected chi connectivity index (χ0v) is 14.8. The van der Waals surface area contributed by atoms with Gasteiger partial charge in [-0.25, -0.2) is 4.79 Å². The summed E-state index contributed by atoms with van der Waals surface area (Å²) in [5.74, 6) is -0.845. The molecule has 0 radical (unpaired) electrons. The summed E-state index contributed by atoms with van der Waals surface area (Å²) in [7, 11) is -2.19. The molecule has 5 heteroatoms. The highest BCUT2D eigenvalue weighted by Crippen LogP contribution is 2.32. The van der Waals surface area contributed by atoms with E-state index < -0.39 is 21.4 Å². The number of carboxylic acids is 1. The minimum atomic E-state index is -1.24. The fourth-order valence-electron chi connectivity index (χ4n) is 1.71. The van der Waals surface area contributed by atoms with Crippen LogP contribution in [0.1, 0.15) is 27.2 Å². The minimum Gasteiger partial charge on any atom is -0.478 e. The van der Waals surface area contributed by atoms with Gasteiger partial charge in [0.2, 0.25) is 0 Å². The lowest BCUT2D eigenvalue weighted by atomic mass is 10.3. The Bertz CT molecular complexity index is 322. The van der Waals surface area contributed by atoms with Crippen LogP contribution in [-0.2, 0) is 9.22 Å². The van der Waals surface area contributed by atoms with E-state index in [9.17, 15) is 4.79 Å². The van der Waals surface area contributed by atoms with Gasteiger partial charge in [0, 0.05) is 11.7 Å². The summed E-state index contributed by atoms with van der Waals surface area (Å²) in [6.07, 6.45) is 3.40. The van der Waals surface area contributed by atoms with Crippen molar-refractivity contribution < 1.29 is 14.3 Å². The van der Waals surface area contributed by atoms with Crippen LogP contribution in [0.3, 0.4) is 0 Å². The molecule has 0 aromatic rings. The SMILES string of the molecule is CC1CC[Si](C)(C)[Si](C)(C)O1.CC=C(C)C(=O)O.